The van der Waals surface area contributed by atoms with Crippen LogP contribution in [0.5, 0.6) is 0 Å². The first-order chi connectivity index (χ1) is 8.77. The Hall–Kier alpha value is -0.650. The Bertz CT molecular complexity index is 228. The maximum Gasteiger partial charge on any atom is 0.237 e. The molecule has 0 saturated carbocycles. The number of carbonyl (C=O) groups is 1. The molecule has 0 aromatic carbocycles. The molecule has 18 heavy (non-hydrogen) atoms. The first-order valence-corrected chi connectivity index (χ1v) is 6.80. The molecule has 1 saturated heterocycles. The second-order valence-electron chi connectivity index (χ2n) is 4.77. The summed E-state index contributed by atoms with van der Waals surface area (Å²) in [5, 5.41) is 6.24. The number of hydrogen-bond acceptors (Lipinski definition) is 4. The zero-order chi connectivity index (χ0) is 13.2. The standard InChI is InChI=1S/C13H26N2O3/c1-17-10-11(18-2)9-15-13(16)12-7-5-3-4-6-8-14-12/h11-12,14H,3-10H2,1-2H3,(H,15,16). The maximum absolute atomic E-state index is 12.0. The van der Waals surface area contributed by atoms with Crippen LogP contribution in [0.4, 0.5) is 0 Å². The van der Waals surface area contributed by atoms with Gasteiger partial charge in [0.2, 0.25) is 5.91 Å². The molecule has 106 valence electrons. The van der Waals surface area contributed by atoms with Gasteiger partial charge in [-0.15, -0.1) is 0 Å². The van der Waals surface area contributed by atoms with Crippen LogP contribution in [-0.4, -0.2) is 52.0 Å². The van der Waals surface area contributed by atoms with Crippen LogP contribution in [0.15, 0.2) is 0 Å². The van der Waals surface area contributed by atoms with E-state index in [1.54, 1.807) is 14.2 Å². The lowest BCUT2D eigenvalue weighted by Gasteiger charge is -2.22. The third-order valence-electron chi connectivity index (χ3n) is 3.32. The molecule has 5 nitrogen and oxygen atoms in total. The van der Waals surface area contributed by atoms with Crippen molar-refractivity contribution in [1.82, 2.24) is 10.6 Å². The Labute approximate surface area is 110 Å². The molecule has 0 spiro atoms. The van der Waals surface area contributed by atoms with Gasteiger partial charge in [0.15, 0.2) is 0 Å². The minimum atomic E-state index is -0.0764. The molecule has 1 heterocycles. The lowest BCUT2D eigenvalue weighted by Crippen LogP contribution is -2.47. The van der Waals surface area contributed by atoms with Crippen molar-refractivity contribution >= 4 is 5.91 Å². The van der Waals surface area contributed by atoms with E-state index < -0.39 is 0 Å². The van der Waals surface area contributed by atoms with Gasteiger partial charge in [-0.25, -0.2) is 0 Å². The van der Waals surface area contributed by atoms with E-state index in [0.29, 0.717) is 13.2 Å². The molecule has 1 aliphatic rings. The Kier molecular flexibility index (Phi) is 7.96. The van der Waals surface area contributed by atoms with Gasteiger partial charge < -0.3 is 20.1 Å². The van der Waals surface area contributed by atoms with E-state index in [1.807, 2.05) is 0 Å². The highest BCUT2D eigenvalue weighted by Gasteiger charge is 2.19. The fourth-order valence-electron chi connectivity index (χ4n) is 2.16. The highest BCUT2D eigenvalue weighted by Crippen LogP contribution is 2.09. The summed E-state index contributed by atoms with van der Waals surface area (Å²) in [5.41, 5.74) is 0. The predicted octanol–water partition coefficient (Wildman–Crippen LogP) is 0.686. The summed E-state index contributed by atoms with van der Waals surface area (Å²) in [6, 6.07) is -0.0506. The largest absolute Gasteiger partial charge is 0.382 e. The van der Waals surface area contributed by atoms with E-state index in [0.717, 1.165) is 25.8 Å². The molecular weight excluding hydrogens is 232 g/mol. The number of ether oxygens (including phenoxy) is 2. The number of nitrogens with one attached hydrogen (secondary N) is 2. The molecule has 5 heteroatoms. The molecule has 2 atom stereocenters. The summed E-state index contributed by atoms with van der Waals surface area (Å²) in [7, 11) is 3.26. The Morgan fingerprint density at radius 3 is 2.83 bits per heavy atom. The molecule has 0 aliphatic carbocycles. The van der Waals surface area contributed by atoms with Gasteiger partial charge in [0.05, 0.1) is 18.8 Å². The summed E-state index contributed by atoms with van der Waals surface area (Å²) in [6.45, 7) is 1.93. The van der Waals surface area contributed by atoms with E-state index in [9.17, 15) is 4.79 Å². The monoisotopic (exact) mass is 258 g/mol. The SMILES string of the molecule is COCC(CNC(=O)C1CCCCCCN1)OC. The van der Waals surface area contributed by atoms with Crippen molar-refractivity contribution in [3.63, 3.8) is 0 Å². The van der Waals surface area contributed by atoms with Crippen LogP contribution in [0.1, 0.15) is 32.1 Å². The zero-order valence-corrected chi connectivity index (χ0v) is 11.5. The van der Waals surface area contributed by atoms with Gasteiger partial charge in [-0.05, 0) is 19.4 Å². The van der Waals surface area contributed by atoms with Crippen molar-refractivity contribution in [1.29, 1.82) is 0 Å². The van der Waals surface area contributed by atoms with Gasteiger partial charge in [-0.1, -0.05) is 19.3 Å². The summed E-state index contributed by atoms with van der Waals surface area (Å²) in [6.07, 6.45) is 5.63. The van der Waals surface area contributed by atoms with Gasteiger partial charge in [0, 0.05) is 20.8 Å². The average molecular weight is 258 g/mol. The Morgan fingerprint density at radius 1 is 1.33 bits per heavy atom. The molecule has 1 fully saturated rings. The number of carbonyl (C=O) groups excluding carboxylic acids is 1. The van der Waals surface area contributed by atoms with Crippen LogP contribution in [-0.2, 0) is 14.3 Å². The summed E-state index contributed by atoms with van der Waals surface area (Å²) in [4.78, 5) is 12.0. The van der Waals surface area contributed by atoms with Crippen molar-refractivity contribution in [2.75, 3.05) is 33.9 Å². The van der Waals surface area contributed by atoms with Crippen LogP contribution < -0.4 is 10.6 Å². The highest BCUT2D eigenvalue weighted by atomic mass is 16.5. The van der Waals surface area contributed by atoms with Gasteiger partial charge >= 0.3 is 0 Å². The maximum atomic E-state index is 12.0. The van der Waals surface area contributed by atoms with E-state index in [1.165, 1.54) is 12.8 Å². The molecule has 1 rings (SSSR count). The van der Waals surface area contributed by atoms with Gasteiger partial charge in [-0.3, -0.25) is 4.79 Å². The van der Waals surface area contributed by atoms with E-state index >= 15 is 0 Å². The fraction of sp³-hybridized carbons (Fsp3) is 0.923. The van der Waals surface area contributed by atoms with Crippen molar-refractivity contribution in [3.8, 4) is 0 Å². The molecular formula is C13H26N2O3. The van der Waals surface area contributed by atoms with Crippen molar-refractivity contribution < 1.29 is 14.3 Å². The highest BCUT2D eigenvalue weighted by molar-refractivity contribution is 5.81. The first kappa shape index (κ1) is 15.4. The molecule has 2 unspecified atom stereocenters. The molecule has 0 bridgehead atoms. The lowest BCUT2D eigenvalue weighted by molar-refractivity contribution is -0.124. The van der Waals surface area contributed by atoms with Crippen LogP contribution in [0.3, 0.4) is 0 Å². The number of rotatable bonds is 6. The second-order valence-corrected chi connectivity index (χ2v) is 4.77. The minimum Gasteiger partial charge on any atom is -0.382 e. The fourth-order valence-corrected chi connectivity index (χ4v) is 2.16. The Balaban J connectivity index is 2.28. The van der Waals surface area contributed by atoms with Crippen LogP contribution >= 0.6 is 0 Å². The van der Waals surface area contributed by atoms with Crippen LogP contribution in [0.25, 0.3) is 0 Å². The van der Waals surface area contributed by atoms with Gasteiger partial charge in [0.1, 0.15) is 0 Å². The smallest absolute Gasteiger partial charge is 0.237 e. The molecule has 1 aliphatic heterocycles. The van der Waals surface area contributed by atoms with Gasteiger partial charge in [-0.2, -0.15) is 0 Å². The summed E-state index contributed by atoms with van der Waals surface area (Å²) >= 11 is 0. The molecule has 0 radical (unpaired) electrons. The Morgan fingerprint density at radius 2 is 2.11 bits per heavy atom. The lowest BCUT2D eigenvalue weighted by atomic mass is 10.0. The normalized spacial score (nSPS) is 22.9. The third-order valence-corrected chi connectivity index (χ3v) is 3.32. The summed E-state index contributed by atoms with van der Waals surface area (Å²) in [5.74, 6) is 0.0788. The number of amides is 1. The number of hydrogen-bond donors (Lipinski definition) is 2. The first-order valence-electron chi connectivity index (χ1n) is 6.80. The second kappa shape index (κ2) is 9.30. The zero-order valence-electron chi connectivity index (χ0n) is 11.5. The van der Waals surface area contributed by atoms with Crippen molar-refractivity contribution in [2.45, 2.75) is 44.2 Å². The average Bonchev–Trinajstić information content (AvgIpc) is 2.33. The molecule has 0 aromatic rings. The van der Waals surface area contributed by atoms with Gasteiger partial charge in [0.25, 0.3) is 0 Å². The van der Waals surface area contributed by atoms with E-state index in [-0.39, 0.29) is 18.1 Å². The third kappa shape index (κ3) is 5.80. The van der Waals surface area contributed by atoms with E-state index in [4.69, 9.17) is 9.47 Å². The molecule has 0 aromatic heterocycles. The van der Waals surface area contributed by atoms with Crippen LogP contribution in [0, 0.1) is 0 Å². The minimum absolute atomic E-state index is 0.0506. The molecule has 2 N–H and O–H groups in total. The quantitative estimate of drug-likeness (QED) is 0.736. The van der Waals surface area contributed by atoms with E-state index in [2.05, 4.69) is 10.6 Å². The molecule has 1 amide bonds. The summed E-state index contributed by atoms with van der Waals surface area (Å²) < 4.78 is 10.2. The van der Waals surface area contributed by atoms with Crippen LogP contribution in [0.2, 0.25) is 0 Å². The van der Waals surface area contributed by atoms with Crippen molar-refractivity contribution in [2.24, 2.45) is 0 Å². The van der Waals surface area contributed by atoms with Crippen molar-refractivity contribution in [3.05, 3.63) is 0 Å². The predicted molar refractivity (Wildman–Crippen MR) is 70.6 cm³/mol. The number of methoxy groups -OCH3 is 2. The topological polar surface area (TPSA) is 59.6 Å².